The molecule has 0 spiro atoms. The highest BCUT2D eigenvalue weighted by Crippen LogP contribution is 2.31. The lowest BCUT2D eigenvalue weighted by Gasteiger charge is -2.07. The molecule has 11 heteroatoms. The Morgan fingerprint density at radius 2 is 1.82 bits per heavy atom. The van der Waals surface area contributed by atoms with Crippen molar-refractivity contribution >= 4 is 34.1 Å². The molecule has 0 aliphatic carbocycles. The van der Waals surface area contributed by atoms with Crippen LogP contribution in [0.25, 0.3) is 27.7 Å². The van der Waals surface area contributed by atoms with Crippen LogP contribution in [0.15, 0.2) is 73.2 Å². The molecule has 2 heterocycles. The number of benzene rings is 2. The summed E-state index contributed by atoms with van der Waals surface area (Å²) in [5, 5.41) is 15.2. The van der Waals surface area contributed by atoms with E-state index in [0.717, 1.165) is 35.4 Å². The fourth-order valence-electron chi connectivity index (χ4n) is 3.25. The highest BCUT2D eigenvalue weighted by atomic mass is 19.4. The van der Waals surface area contributed by atoms with Crippen molar-refractivity contribution in [1.82, 2.24) is 14.8 Å². The molecule has 0 aliphatic rings. The molecule has 0 atom stereocenters. The number of nitrogens with two attached hydrogens (primary N) is 1. The van der Waals surface area contributed by atoms with Crippen molar-refractivity contribution in [3.8, 4) is 16.8 Å². The second-order valence-corrected chi connectivity index (χ2v) is 7.28. The van der Waals surface area contributed by atoms with E-state index in [9.17, 15) is 22.8 Å². The van der Waals surface area contributed by atoms with E-state index in [4.69, 9.17) is 11.1 Å². The molecule has 0 saturated heterocycles. The van der Waals surface area contributed by atoms with E-state index in [1.54, 1.807) is 30.7 Å². The molecular formula is C23H17F3N6O2. The minimum Gasteiger partial charge on any atom is -0.366 e. The van der Waals surface area contributed by atoms with E-state index in [-0.39, 0.29) is 0 Å². The number of hydrogen-bond acceptors (Lipinski definition) is 4. The molecule has 4 rings (SSSR count). The molecule has 0 aliphatic heterocycles. The standard InChI is InChI=1S/C23H17F3N6O2/c24-23(25,26)15-2-4-16(5-3-15)32-12-14(10-30-32)13-1-7-19-17(9-13)20(11-29-19)31-22(34)18(27)6-8-21(28)33/h1-12,27,29H,(H2,28,33)(H,31,34)/b8-6-,27-18?. The summed E-state index contributed by atoms with van der Waals surface area (Å²) < 4.78 is 39.8. The summed E-state index contributed by atoms with van der Waals surface area (Å²) in [5.74, 6) is -1.50. The molecule has 0 radical (unpaired) electrons. The number of primary amides is 1. The Hall–Kier alpha value is -4.67. The van der Waals surface area contributed by atoms with Crippen LogP contribution in [0.4, 0.5) is 18.9 Å². The molecule has 2 aromatic heterocycles. The average molecular weight is 466 g/mol. The number of aromatic amines is 1. The molecule has 5 N–H and O–H groups in total. The van der Waals surface area contributed by atoms with Gasteiger partial charge in [0, 0.05) is 34.9 Å². The Balaban J connectivity index is 1.58. The normalized spacial score (nSPS) is 11.7. The van der Waals surface area contributed by atoms with Gasteiger partial charge in [-0.05, 0) is 48.0 Å². The monoisotopic (exact) mass is 466 g/mol. The number of amides is 2. The Bertz CT molecular complexity index is 1430. The van der Waals surface area contributed by atoms with Crippen molar-refractivity contribution in [3.63, 3.8) is 0 Å². The zero-order chi connectivity index (χ0) is 24.5. The van der Waals surface area contributed by atoms with Crippen LogP contribution in [0.3, 0.4) is 0 Å². The SMILES string of the molecule is N=C(/C=C\C(N)=O)C(=O)Nc1c[nH]c2ccc(-c3cnn(-c4ccc(C(F)(F)F)cc4)c3)cc12. The van der Waals surface area contributed by atoms with Gasteiger partial charge in [0.25, 0.3) is 5.91 Å². The molecule has 0 bridgehead atoms. The van der Waals surface area contributed by atoms with Crippen molar-refractivity contribution in [3.05, 3.63) is 78.8 Å². The van der Waals surface area contributed by atoms with Crippen LogP contribution in [0.1, 0.15) is 5.56 Å². The quantitative estimate of drug-likeness (QED) is 0.253. The van der Waals surface area contributed by atoms with Crippen molar-refractivity contribution in [2.45, 2.75) is 6.18 Å². The molecule has 0 fully saturated rings. The van der Waals surface area contributed by atoms with Crippen LogP contribution < -0.4 is 11.1 Å². The van der Waals surface area contributed by atoms with E-state index < -0.39 is 29.3 Å². The molecule has 172 valence electrons. The van der Waals surface area contributed by atoms with Gasteiger partial charge in [0.1, 0.15) is 5.71 Å². The minimum atomic E-state index is -4.41. The van der Waals surface area contributed by atoms with Crippen molar-refractivity contribution in [2.75, 3.05) is 5.32 Å². The van der Waals surface area contributed by atoms with Crippen LogP contribution in [0.5, 0.6) is 0 Å². The van der Waals surface area contributed by atoms with E-state index in [0.29, 0.717) is 22.3 Å². The van der Waals surface area contributed by atoms with E-state index in [2.05, 4.69) is 15.4 Å². The van der Waals surface area contributed by atoms with Gasteiger partial charge in [-0.15, -0.1) is 0 Å². The summed E-state index contributed by atoms with van der Waals surface area (Å²) in [6, 6.07) is 10.1. The molecule has 4 aromatic rings. The van der Waals surface area contributed by atoms with Crippen LogP contribution in [0.2, 0.25) is 0 Å². The molecule has 2 aromatic carbocycles. The molecule has 2 amide bonds. The number of hydrogen-bond donors (Lipinski definition) is 4. The lowest BCUT2D eigenvalue weighted by Crippen LogP contribution is -2.20. The number of rotatable bonds is 6. The number of aromatic nitrogens is 3. The largest absolute Gasteiger partial charge is 0.416 e. The number of nitrogens with one attached hydrogen (secondary N) is 3. The molecule has 0 unspecified atom stereocenters. The number of nitrogens with zero attached hydrogens (tertiary/aromatic N) is 2. The van der Waals surface area contributed by atoms with Crippen LogP contribution in [-0.4, -0.2) is 32.3 Å². The maximum absolute atomic E-state index is 12.8. The second kappa shape index (κ2) is 8.70. The Morgan fingerprint density at radius 1 is 1.09 bits per heavy atom. The predicted molar refractivity (Wildman–Crippen MR) is 121 cm³/mol. The summed E-state index contributed by atoms with van der Waals surface area (Å²) in [6.07, 6.45) is 2.34. The first-order valence-electron chi connectivity index (χ1n) is 9.83. The maximum atomic E-state index is 12.8. The third-order valence-electron chi connectivity index (χ3n) is 4.96. The lowest BCUT2D eigenvalue weighted by atomic mass is 10.1. The van der Waals surface area contributed by atoms with Gasteiger partial charge >= 0.3 is 6.18 Å². The topological polar surface area (TPSA) is 130 Å². The Labute approximate surface area is 190 Å². The summed E-state index contributed by atoms with van der Waals surface area (Å²) in [6.45, 7) is 0. The molecular weight excluding hydrogens is 449 g/mol. The number of alkyl halides is 3. The summed E-state index contributed by atoms with van der Waals surface area (Å²) in [5.41, 5.74) is 6.88. The highest BCUT2D eigenvalue weighted by molar-refractivity contribution is 6.46. The number of carbonyl (C=O) groups is 2. The van der Waals surface area contributed by atoms with Gasteiger partial charge in [-0.25, -0.2) is 4.68 Å². The Morgan fingerprint density at radius 3 is 2.50 bits per heavy atom. The smallest absolute Gasteiger partial charge is 0.366 e. The van der Waals surface area contributed by atoms with Crippen LogP contribution >= 0.6 is 0 Å². The lowest BCUT2D eigenvalue weighted by molar-refractivity contribution is -0.137. The van der Waals surface area contributed by atoms with Gasteiger partial charge < -0.3 is 16.0 Å². The van der Waals surface area contributed by atoms with E-state index in [1.807, 2.05) is 6.07 Å². The fourth-order valence-corrected chi connectivity index (χ4v) is 3.25. The van der Waals surface area contributed by atoms with Gasteiger partial charge in [0.15, 0.2) is 0 Å². The zero-order valence-corrected chi connectivity index (χ0v) is 17.4. The third kappa shape index (κ3) is 4.72. The molecule has 34 heavy (non-hydrogen) atoms. The number of fused-ring (bicyclic) bond motifs is 1. The first kappa shape index (κ1) is 22.5. The first-order chi connectivity index (χ1) is 16.1. The van der Waals surface area contributed by atoms with Gasteiger partial charge in [-0.1, -0.05) is 6.07 Å². The predicted octanol–water partition coefficient (Wildman–Crippen LogP) is 4.04. The average Bonchev–Trinajstić information content (AvgIpc) is 3.44. The number of H-pyrrole nitrogens is 1. The number of anilines is 1. The Kier molecular flexibility index (Phi) is 5.76. The van der Waals surface area contributed by atoms with Crippen molar-refractivity contribution in [2.24, 2.45) is 5.73 Å². The van der Waals surface area contributed by atoms with Gasteiger partial charge in [0.05, 0.1) is 23.1 Å². The zero-order valence-electron chi connectivity index (χ0n) is 17.4. The fraction of sp³-hybridized carbons (Fsp3) is 0.0435. The third-order valence-corrected chi connectivity index (χ3v) is 4.96. The molecule has 8 nitrogen and oxygen atoms in total. The van der Waals surface area contributed by atoms with Crippen molar-refractivity contribution < 1.29 is 22.8 Å². The first-order valence-corrected chi connectivity index (χ1v) is 9.83. The van der Waals surface area contributed by atoms with Crippen molar-refractivity contribution in [1.29, 1.82) is 5.41 Å². The summed E-state index contributed by atoms with van der Waals surface area (Å²) in [4.78, 5) is 26.0. The van der Waals surface area contributed by atoms with E-state index >= 15 is 0 Å². The minimum absolute atomic E-state index is 0.425. The van der Waals surface area contributed by atoms with Gasteiger partial charge in [-0.3, -0.25) is 15.0 Å². The summed E-state index contributed by atoms with van der Waals surface area (Å²) in [7, 11) is 0. The molecule has 0 saturated carbocycles. The number of halogens is 3. The van der Waals surface area contributed by atoms with Crippen LogP contribution in [0, 0.1) is 5.41 Å². The van der Waals surface area contributed by atoms with Crippen LogP contribution in [-0.2, 0) is 15.8 Å². The highest BCUT2D eigenvalue weighted by Gasteiger charge is 2.30. The van der Waals surface area contributed by atoms with Gasteiger partial charge in [-0.2, -0.15) is 18.3 Å². The van der Waals surface area contributed by atoms with Gasteiger partial charge in [0.2, 0.25) is 5.91 Å². The summed E-state index contributed by atoms with van der Waals surface area (Å²) >= 11 is 0. The second-order valence-electron chi connectivity index (χ2n) is 7.28. The van der Waals surface area contributed by atoms with E-state index in [1.165, 1.54) is 16.8 Å². The number of carbonyl (C=O) groups excluding carboxylic acids is 2. The maximum Gasteiger partial charge on any atom is 0.416 e.